The van der Waals surface area contributed by atoms with Crippen molar-refractivity contribution in [1.29, 1.82) is 0 Å². The Morgan fingerprint density at radius 1 is 1.28 bits per heavy atom. The van der Waals surface area contributed by atoms with E-state index in [4.69, 9.17) is 17.3 Å². The molecular formula is C14H20ClN3. The van der Waals surface area contributed by atoms with E-state index < -0.39 is 0 Å². The van der Waals surface area contributed by atoms with Crippen LogP contribution in [0.5, 0.6) is 0 Å². The van der Waals surface area contributed by atoms with E-state index in [0.29, 0.717) is 6.04 Å². The quantitative estimate of drug-likeness (QED) is 0.808. The average Bonchev–Trinajstić information content (AvgIpc) is 2.81. The first-order valence-corrected chi connectivity index (χ1v) is 7.16. The molecule has 0 radical (unpaired) electrons. The van der Waals surface area contributed by atoms with E-state index in [2.05, 4.69) is 10.2 Å². The second kappa shape index (κ2) is 4.98. The number of hydrogen-bond acceptors (Lipinski definition) is 3. The zero-order valence-electron chi connectivity index (χ0n) is 10.5. The van der Waals surface area contributed by atoms with E-state index in [0.717, 1.165) is 22.4 Å². The highest BCUT2D eigenvalue weighted by Crippen LogP contribution is 2.30. The zero-order valence-corrected chi connectivity index (χ0v) is 11.3. The fraction of sp³-hybridized carbons (Fsp3) is 0.571. The van der Waals surface area contributed by atoms with Crippen molar-refractivity contribution < 1.29 is 0 Å². The molecule has 0 aliphatic carbocycles. The zero-order chi connectivity index (χ0) is 12.5. The minimum Gasteiger partial charge on any atom is -0.397 e. The summed E-state index contributed by atoms with van der Waals surface area (Å²) in [4.78, 5) is 2.62. The van der Waals surface area contributed by atoms with Crippen LogP contribution in [0.4, 0.5) is 11.4 Å². The lowest BCUT2D eigenvalue weighted by Crippen LogP contribution is -2.42. The van der Waals surface area contributed by atoms with Crippen LogP contribution in [0.15, 0.2) is 18.2 Å². The maximum absolute atomic E-state index is 6.02. The van der Waals surface area contributed by atoms with Gasteiger partial charge in [0.2, 0.25) is 0 Å². The van der Waals surface area contributed by atoms with Gasteiger partial charge in [0.15, 0.2) is 0 Å². The second-order valence-electron chi connectivity index (χ2n) is 5.43. The molecule has 0 amide bonds. The summed E-state index contributed by atoms with van der Waals surface area (Å²) < 4.78 is 0. The van der Waals surface area contributed by atoms with E-state index in [-0.39, 0.29) is 0 Å². The Hall–Kier alpha value is -0.930. The van der Waals surface area contributed by atoms with Crippen LogP contribution in [0.25, 0.3) is 0 Å². The highest BCUT2D eigenvalue weighted by molar-refractivity contribution is 6.31. The van der Waals surface area contributed by atoms with Gasteiger partial charge in [-0.2, -0.15) is 0 Å². The molecule has 2 atom stereocenters. The Kier molecular flexibility index (Phi) is 3.35. The van der Waals surface area contributed by atoms with Gasteiger partial charge in [0.25, 0.3) is 0 Å². The molecule has 3 nitrogen and oxygen atoms in total. The monoisotopic (exact) mass is 265 g/mol. The van der Waals surface area contributed by atoms with Gasteiger partial charge in [0.1, 0.15) is 0 Å². The number of nitrogens with two attached hydrogens (primary N) is 1. The minimum atomic E-state index is 0.533. The first-order chi connectivity index (χ1) is 8.72. The molecule has 4 heteroatoms. The van der Waals surface area contributed by atoms with Crippen LogP contribution >= 0.6 is 11.6 Å². The predicted molar refractivity (Wildman–Crippen MR) is 77.1 cm³/mol. The molecule has 2 aliphatic heterocycles. The number of rotatable bonds is 2. The molecule has 98 valence electrons. The van der Waals surface area contributed by atoms with Crippen molar-refractivity contribution in [2.24, 2.45) is 0 Å². The number of benzene rings is 1. The molecule has 3 rings (SSSR count). The molecule has 2 heterocycles. The molecule has 0 spiro atoms. The van der Waals surface area contributed by atoms with Crippen LogP contribution in [-0.2, 0) is 0 Å². The minimum absolute atomic E-state index is 0.533. The molecule has 2 saturated heterocycles. The Balaban J connectivity index is 1.67. The Morgan fingerprint density at radius 3 is 3.06 bits per heavy atom. The van der Waals surface area contributed by atoms with Gasteiger partial charge >= 0.3 is 0 Å². The van der Waals surface area contributed by atoms with Crippen LogP contribution in [0.1, 0.15) is 25.7 Å². The predicted octanol–water partition coefficient (Wildman–Crippen LogP) is 2.96. The third kappa shape index (κ3) is 2.43. The molecule has 1 aromatic rings. The van der Waals surface area contributed by atoms with E-state index in [1.165, 1.54) is 38.8 Å². The third-order valence-corrected chi connectivity index (χ3v) is 4.43. The van der Waals surface area contributed by atoms with Crippen LogP contribution in [-0.4, -0.2) is 30.1 Å². The normalized spacial score (nSPS) is 28.1. The van der Waals surface area contributed by atoms with E-state index in [1.807, 2.05) is 18.2 Å². The molecule has 18 heavy (non-hydrogen) atoms. The summed E-state index contributed by atoms with van der Waals surface area (Å²) in [5, 5.41) is 4.31. The summed E-state index contributed by atoms with van der Waals surface area (Å²) in [7, 11) is 0. The molecule has 2 aliphatic rings. The largest absolute Gasteiger partial charge is 0.397 e. The number of piperidine rings is 1. The lowest BCUT2D eigenvalue weighted by molar-refractivity contribution is 0.188. The number of nitrogens with zero attached hydrogens (tertiary/aromatic N) is 1. The van der Waals surface area contributed by atoms with Crippen molar-refractivity contribution in [2.45, 2.75) is 37.8 Å². The second-order valence-corrected chi connectivity index (χ2v) is 5.87. The summed E-state index contributed by atoms with van der Waals surface area (Å²) >= 11 is 6.02. The van der Waals surface area contributed by atoms with Crippen molar-refractivity contribution in [3.05, 3.63) is 23.2 Å². The summed E-state index contributed by atoms with van der Waals surface area (Å²) in [5.41, 5.74) is 7.75. The number of fused-ring (bicyclic) bond motifs is 1. The third-order valence-electron chi connectivity index (χ3n) is 4.20. The number of nitrogen functional groups attached to an aromatic ring is 1. The molecule has 2 fully saturated rings. The highest BCUT2D eigenvalue weighted by atomic mass is 35.5. The Bertz CT molecular complexity index is 435. The van der Waals surface area contributed by atoms with E-state index in [1.54, 1.807) is 0 Å². The van der Waals surface area contributed by atoms with Crippen molar-refractivity contribution in [3.8, 4) is 0 Å². The topological polar surface area (TPSA) is 41.3 Å². The smallest absolute Gasteiger partial charge is 0.0591 e. The van der Waals surface area contributed by atoms with Crippen LogP contribution in [0.3, 0.4) is 0 Å². The summed E-state index contributed by atoms with van der Waals surface area (Å²) in [5.74, 6) is 0. The lowest BCUT2D eigenvalue weighted by atomic mass is 9.97. The number of nitrogens with one attached hydrogen (secondary N) is 1. The molecule has 3 N–H and O–H groups in total. The van der Waals surface area contributed by atoms with E-state index >= 15 is 0 Å². The molecule has 0 aromatic heterocycles. The van der Waals surface area contributed by atoms with E-state index in [9.17, 15) is 0 Å². The van der Waals surface area contributed by atoms with Crippen molar-refractivity contribution >= 4 is 23.0 Å². The first-order valence-electron chi connectivity index (χ1n) is 6.78. The standard InChI is InChI=1S/C14H20ClN3/c15-10-3-4-13(16)14(8-10)17-11-5-7-18-6-1-2-12(18)9-11/h3-4,8,11-12,17H,1-2,5-7,9,16H2. The summed E-state index contributed by atoms with van der Waals surface area (Å²) in [6, 6.07) is 6.94. The molecule has 0 saturated carbocycles. The number of hydrogen-bond donors (Lipinski definition) is 2. The van der Waals surface area contributed by atoms with Gasteiger partial charge in [0.05, 0.1) is 11.4 Å². The van der Waals surface area contributed by atoms with Gasteiger partial charge in [-0.1, -0.05) is 11.6 Å². The van der Waals surface area contributed by atoms with Gasteiger partial charge < -0.3 is 16.0 Å². The fourth-order valence-corrected chi connectivity index (χ4v) is 3.40. The van der Waals surface area contributed by atoms with Crippen LogP contribution in [0, 0.1) is 0 Å². The molecular weight excluding hydrogens is 246 g/mol. The molecule has 1 aromatic carbocycles. The molecule has 2 unspecified atom stereocenters. The van der Waals surface area contributed by atoms with Gasteiger partial charge in [-0.3, -0.25) is 0 Å². The fourth-order valence-electron chi connectivity index (χ4n) is 3.23. The maximum atomic E-state index is 6.02. The Labute approximate surface area is 113 Å². The summed E-state index contributed by atoms with van der Waals surface area (Å²) in [6.07, 6.45) is 5.13. The number of halogens is 1. The van der Waals surface area contributed by atoms with Crippen LogP contribution < -0.4 is 11.1 Å². The van der Waals surface area contributed by atoms with Crippen LogP contribution in [0.2, 0.25) is 5.02 Å². The van der Waals surface area contributed by atoms with Gasteiger partial charge in [-0.15, -0.1) is 0 Å². The molecule has 0 bridgehead atoms. The SMILES string of the molecule is Nc1ccc(Cl)cc1NC1CCN2CCCC2C1. The highest BCUT2D eigenvalue weighted by Gasteiger charge is 2.31. The van der Waals surface area contributed by atoms with Gasteiger partial charge in [-0.25, -0.2) is 0 Å². The van der Waals surface area contributed by atoms with Crippen molar-refractivity contribution in [2.75, 3.05) is 24.1 Å². The first kappa shape index (κ1) is 12.1. The Morgan fingerprint density at radius 2 is 2.17 bits per heavy atom. The lowest BCUT2D eigenvalue weighted by Gasteiger charge is -2.35. The average molecular weight is 266 g/mol. The number of anilines is 2. The van der Waals surface area contributed by atoms with Crippen molar-refractivity contribution in [1.82, 2.24) is 4.90 Å². The van der Waals surface area contributed by atoms with Crippen molar-refractivity contribution in [3.63, 3.8) is 0 Å². The van der Waals surface area contributed by atoms with Gasteiger partial charge in [0, 0.05) is 23.7 Å². The summed E-state index contributed by atoms with van der Waals surface area (Å²) in [6.45, 7) is 2.50. The maximum Gasteiger partial charge on any atom is 0.0591 e. The van der Waals surface area contributed by atoms with Gasteiger partial charge in [-0.05, 0) is 50.4 Å².